The fourth-order valence-corrected chi connectivity index (χ4v) is 1.47. The zero-order valence-corrected chi connectivity index (χ0v) is 6.90. The topological polar surface area (TPSA) is 0 Å². The third-order valence-electron chi connectivity index (χ3n) is 2.18. The van der Waals surface area contributed by atoms with E-state index < -0.39 is 0 Å². The first kappa shape index (κ1) is 8.70. The quantitative estimate of drug-likeness (QED) is 0.491. The van der Waals surface area contributed by atoms with E-state index in [9.17, 15) is 0 Å². The molecule has 1 aliphatic carbocycles. The molecule has 0 N–H and O–H groups in total. The van der Waals surface area contributed by atoms with E-state index >= 15 is 0 Å². The van der Waals surface area contributed by atoms with Gasteiger partial charge in [0.25, 0.3) is 0 Å². The molecule has 4 radical (unpaired) electrons. The van der Waals surface area contributed by atoms with Gasteiger partial charge < -0.3 is 0 Å². The van der Waals surface area contributed by atoms with Crippen molar-refractivity contribution in [3.63, 3.8) is 0 Å². The summed E-state index contributed by atoms with van der Waals surface area (Å²) < 4.78 is 0. The lowest BCUT2D eigenvalue weighted by Crippen LogP contribution is -2.00. The van der Waals surface area contributed by atoms with Crippen LogP contribution in [0.1, 0.15) is 32.1 Å². The predicted molar refractivity (Wildman–Crippen MR) is 50.8 cm³/mol. The van der Waals surface area contributed by atoms with Crippen molar-refractivity contribution in [1.82, 2.24) is 0 Å². The van der Waals surface area contributed by atoms with E-state index in [4.69, 9.17) is 15.7 Å². The van der Waals surface area contributed by atoms with Crippen LogP contribution in [0.5, 0.6) is 0 Å². The summed E-state index contributed by atoms with van der Waals surface area (Å²) in [5.74, 6) is 0. The Kier molecular flexibility index (Phi) is 3.04. The smallest absolute Gasteiger partial charge is 0.111 e. The van der Waals surface area contributed by atoms with E-state index in [1.807, 2.05) is 0 Å². The molecule has 1 rings (SSSR count). The van der Waals surface area contributed by atoms with Gasteiger partial charge in [-0.3, -0.25) is 0 Å². The molecule has 1 saturated carbocycles. The second-order valence-corrected chi connectivity index (χ2v) is 3.10. The Hall–Kier alpha value is -0.390. The average Bonchev–Trinajstić information content (AvgIpc) is 2.05. The molecule has 0 amide bonds. The highest BCUT2D eigenvalue weighted by Gasteiger charge is 2.07. The minimum absolute atomic E-state index is 0.530. The first-order valence-electron chi connectivity index (χ1n) is 4.14. The number of rotatable bonds is 1. The highest BCUT2D eigenvalue weighted by atomic mass is 14.1. The number of hydrogen-bond acceptors (Lipinski definition) is 0. The normalized spacial score (nSPS) is 18.0. The van der Waals surface area contributed by atoms with Gasteiger partial charge in [0.1, 0.15) is 15.7 Å². The fourth-order valence-electron chi connectivity index (χ4n) is 1.47. The van der Waals surface area contributed by atoms with Crippen LogP contribution in [0.25, 0.3) is 0 Å². The Morgan fingerprint density at radius 1 is 1.09 bits per heavy atom. The van der Waals surface area contributed by atoms with Crippen molar-refractivity contribution in [3.8, 4) is 0 Å². The van der Waals surface area contributed by atoms with Crippen molar-refractivity contribution in [2.24, 2.45) is 0 Å². The molecule has 0 spiro atoms. The molecule has 0 heterocycles. The number of allylic oxidation sites excluding steroid dienone is 3. The van der Waals surface area contributed by atoms with Crippen LogP contribution in [0.2, 0.25) is 0 Å². The summed E-state index contributed by atoms with van der Waals surface area (Å²) >= 11 is 0. The largest absolute Gasteiger partial charge is 0.112 e. The van der Waals surface area contributed by atoms with Gasteiger partial charge in [-0.1, -0.05) is 12.0 Å². The molecule has 11 heavy (non-hydrogen) atoms. The maximum Gasteiger partial charge on any atom is 0.112 e. The van der Waals surface area contributed by atoms with E-state index in [-0.39, 0.29) is 0 Å². The average molecular weight is 142 g/mol. The van der Waals surface area contributed by atoms with E-state index in [1.54, 1.807) is 0 Å². The minimum Gasteiger partial charge on any atom is -0.111 e. The lowest BCUT2D eigenvalue weighted by Gasteiger charge is -2.17. The Morgan fingerprint density at radius 2 is 1.64 bits per heavy atom. The third-order valence-corrected chi connectivity index (χ3v) is 2.18. The second kappa shape index (κ2) is 3.85. The molecular weight excluding hydrogens is 130 g/mol. The molecule has 0 aromatic carbocycles. The zero-order chi connectivity index (χ0) is 8.27. The molecule has 0 bridgehead atoms. The molecular formula is C9H12B2. The van der Waals surface area contributed by atoms with Crippen LogP contribution in [0, 0.1) is 0 Å². The summed E-state index contributed by atoms with van der Waals surface area (Å²) in [6.45, 7) is 3.63. The maximum absolute atomic E-state index is 5.75. The molecule has 1 aliphatic rings. The summed E-state index contributed by atoms with van der Waals surface area (Å²) in [5.41, 5.74) is 2.58. The number of hydrogen-bond donors (Lipinski definition) is 0. The molecule has 54 valence electrons. The Bertz CT molecular complexity index is 184. The van der Waals surface area contributed by atoms with Crippen LogP contribution in [0.15, 0.2) is 23.1 Å². The van der Waals surface area contributed by atoms with Gasteiger partial charge >= 0.3 is 0 Å². The summed E-state index contributed by atoms with van der Waals surface area (Å²) in [6, 6.07) is 0. The summed E-state index contributed by atoms with van der Waals surface area (Å²) in [7, 11) is 11.2. The highest BCUT2D eigenvalue weighted by Crippen LogP contribution is 2.26. The summed E-state index contributed by atoms with van der Waals surface area (Å²) in [5, 5.41) is 0. The van der Waals surface area contributed by atoms with E-state index in [1.165, 1.54) is 24.8 Å². The van der Waals surface area contributed by atoms with E-state index in [0.29, 0.717) is 5.47 Å². The van der Waals surface area contributed by atoms with Crippen LogP contribution in [-0.4, -0.2) is 15.7 Å². The van der Waals surface area contributed by atoms with E-state index in [2.05, 4.69) is 6.58 Å². The van der Waals surface area contributed by atoms with Crippen molar-refractivity contribution in [1.29, 1.82) is 0 Å². The van der Waals surface area contributed by atoms with Gasteiger partial charge in [0, 0.05) is 0 Å². The molecule has 0 atom stereocenters. The van der Waals surface area contributed by atoms with Gasteiger partial charge in [-0.2, -0.15) is 0 Å². The van der Waals surface area contributed by atoms with Gasteiger partial charge in [0.15, 0.2) is 0 Å². The fraction of sp³-hybridized carbons (Fsp3) is 0.556. The highest BCUT2D eigenvalue weighted by molar-refractivity contribution is 6.36. The van der Waals surface area contributed by atoms with Crippen LogP contribution >= 0.6 is 0 Å². The molecule has 0 nitrogen and oxygen atoms in total. The molecule has 0 aliphatic heterocycles. The van der Waals surface area contributed by atoms with Gasteiger partial charge in [-0.05, 0) is 25.7 Å². The lowest BCUT2D eigenvalue weighted by atomic mass is 9.73. The molecule has 0 aromatic heterocycles. The Balaban J connectivity index is 2.68. The van der Waals surface area contributed by atoms with Crippen LogP contribution in [0.4, 0.5) is 0 Å². The minimum atomic E-state index is 0.530. The van der Waals surface area contributed by atoms with Gasteiger partial charge in [0.05, 0.1) is 0 Å². The molecule has 0 saturated heterocycles. The Labute approximate surface area is 71.6 Å². The van der Waals surface area contributed by atoms with Crippen molar-refractivity contribution in [2.45, 2.75) is 32.1 Å². The van der Waals surface area contributed by atoms with Crippen molar-refractivity contribution in [2.75, 3.05) is 0 Å². The maximum atomic E-state index is 5.75. The zero-order valence-electron chi connectivity index (χ0n) is 6.90. The monoisotopic (exact) mass is 142 g/mol. The van der Waals surface area contributed by atoms with Crippen molar-refractivity contribution >= 4 is 15.7 Å². The molecule has 0 unspecified atom stereocenters. The van der Waals surface area contributed by atoms with Crippen molar-refractivity contribution in [3.05, 3.63) is 23.1 Å². The molecule has 2 heteroatoms. The van der Waals surface area contributed by atoms with Gasteiger partial charge in [-0.25, -0.2) is 0 Å². The van der Waals surface area contributed by atoms with E-state index in [0.717, 1.165) is 18.3 Å². The first-order valence-corrected chi connectivity index (χ1v) is 4.14. The predicted octanol–water partition coefficient (Wildman–Crippen LogP) is 2.06. The molecule has 1 fully saturated rings. The standard InChI is InChI=1S/C9H12B2/c1-7(10)9(11)8-5-3-2-4-6-8/h1-6H2. The van der Waals surface area contributed by atoms with Crippen LogP contribution < -0.4 is 0 Å². The third kappa shape index (κ3) is 2.28. The Morgan fingerprint density at radius 3 is 2.09 bits per heavy atom. The first-order chi connectivity index (χ1) is 5.22. The van der Waals surface area contributed by atoms with Gasteiger partial charge in [-0.15, -0.1) is 17.5 Å². The second-order valence-electron chi connectivity index (χ2n) is 3.10. The summed E-state index contributed by atoms with van der Waals surface area (Å²) in [4.78, 5) is 0. The SMILES string of the molecule is [B]C(=C)C([B])=C1CCCCC1. The lowest BCUT2D eigenvalue weighted by molar-refractivity contribution is 0.598. The molecule has 0 aromatic rings. The summed E-state index contributed by atoms with van der Waals surface area (Å²) in [6.07, 6.45) is 6.06. The van der Waals surface area contributed by atoms with Crippen molar-refractivity contribution < 1.29 is 0 Å². The van der Waals surface area contributed by atoms with Crippen LogP contribution in [-0.2, 0) is 0 Å². The van der Waals surface area contributed by atoms with Gasteiger partial charge in [0.2, 0.25) is 0 Å². The van der Waals surface area contributed by atoms with Crippen LogP contribution in [0.3, 0.4) is 0 Å².